The van der Waals surface area contributed by atoms with E-state index in [4.69, 9.17) is 4.74 Å². The van der Waals surface area contributed by atoms with Crippen LogP contribution in [0.5, 0.6) is 5.75 Å². The maximum atomic E-state index is 13.6. The lowest BCUT2D eigenvalue weighted by molar-refractivity contribution is -0.376. The van der Waals surface area contributed by atoms with E-state index in [-0.39, 0.29) is 25.1 Å². The van der Waals surface area contributed by atoms with Crippen LogP contribution >= 0.6 is 0 Å². The number of carbonyl (C=O) groups is 3. The molecule has 1 unspecified atom stereocenters. The number of imide groups is 1. The van der Waals surface area contributed by atoms with E-state index in [1.807, 2.05) is 0 Å². The molecule has 3 aliphatic rings. The number of aliphatic hydroxyl groups is 1. The maximum absolute atomic E-state index is 13.6. The van der Waals surface area contributed by atoms with Crippen molar-refractivity contribution >= 4 is 23.5 Å². The van der Waals surface area contributed by atoms with Gasteiger partial charge in [-0.1, -0.05) is 31.5 Å². The van der Waals surface area contributed by atoms with Gasteiger partial charge in [0, 0.05) is 42.8 Å². The lowest BCUT2D eigenvalue weighted by atomic mass is 9.89. The Hall–Kier alpha value is -4.01. The number of halogens is 6. The van der Waals surface area contributed by atoms with Crippen molar-refractivity contribution in [3.05, 3.63) is 58.7 Å². The fourth-order valence-corrected chi connectivity index (χ4v) is 6.62. The minimum Gasteiger partial charge on any atom is -0.493 e. The van der Waals surface area contributed by atoms with Crippen molar-refractivity contribution in [2.24, 2.45) is 0 Å². The van der Waals surface area contributed by atoms with E-state index in [0.717, 1.165) is 22.6 Å². The zero-order valence-corrected chi connectivity index (χ0v) is 26.3. The summed E-state index contributed by atoms with van der Waals surface area (Å²) in [6.45, 7) is 7.04. The second-order valence-corrected chi connectivity index (χ2v) is 12.6. The summed E-state index contributed by atoms with van der Waals surface area (Å²) < 4.78 is 87.1. The van der Waals surface area contributed by atoms with Gasteiger partial charge in [0.15, 0.2) is 0 Å². The monoisotopic (exact) mass is 670 g/mol. The van der Waals surface area contributed by atoms with Crippen molar-refractivity contribution in [3.63, 3.8) is 0 Å². The topological polar surface area (TPSA) is 102 Å². The lowest BCUT2D eigenvalue weighted by Crippen LogP contribution is -2.60. The zero-order chi connectivity index (χ0) is 34.7. The normalized spacial score (nSPS) is 23.6. The second-order valence-electron chi connectivity index (χ2n) is 12.6. The molecule has 47 heavy (non-hydrogen) atoms. The Morgan fingerprint density at radius 1 is 1.02 bits per heavy atom. The van der Waals surface area contributed by atoms with Crippen LogP contribution in [0.2, 0.25) is 0 Å². The summed E-state index contributed by atoms with van der Waals surface area (Å²) in [6, 6.07) is 6.10. The van der Waals surface area contributed by atoms with Crippen molar-refractivity contribution in [2.75, 3.05) is 31.1 Å². The highest BCUT2D eigenvalue weighted by Gasteiger charge is 2.71. The van der Waals surface area contributed by atoms with Crippen LogP contribution in [-0.2, 0) is 33.6 Å². The predicted molar refractivity (Wildman–Crippen MR) is 158 cm³/mol. The van der Waals surface area contributed by atoms with Crippen molar-refractivity contribution in [1.82, 2.24) is 15.1 Å². The number of aryl methyl sites for hydroxylation is 1. The van der Waals surface area contributed by atoms with Crippen LogP contribution in [0.25, 0.3) is 0 Å². The molecule has 2 aromatic rings. The molecule has 3 aliphatic heterocycles. The van der Waals surface area contributed by atoms with E-state index in [9.17, 15) is 45.8 Å². The Morgan fingerprint density at radius 2 is 1.70 bits per heavy atom. The van der Waals surface area contributed by atoms with Gasteiger partial charge in [0.05, 0.1) is 6.61 Å². The van der Waals surface area contributed by atoms with Crippen LogP contribution in [0.15, 0.2) is 36.4 Å². The zero-order valence-electron chi connectivity index (χ0n) is 26.3. The molecule has 3 heterocycles. The molecule has 0 radical (unpaired) electrons. The Bertz CT molecular complexity index is 1570. The minimum atomic E-state index is -6.01. The van der Waals surface area contributed by atoms with Crippen LogP contribution < -0.4 is 15.0 Å². The Balaban J connectivity index is 1.33. The van der Waals surface area contributed by atoms with Crippen molar-refractivity contribution in [3.8, 4) is 5.75 Å². The lowest BCUT2D eigenvalue weighted by Gasteiger charge is -2.46. The van der Waals surface area contributed by atoms with Crippen LogP contribution in [0, 0.1) is 0 Å². The van der Waals surface area contributed by atoms with E-state index >= 15 is 0 Å². The van der Waals surface area contributed by atoms with E-state index in [1.165, 1.54) is 4.90 Å². The summed E-state index contributed by atoms with van der Waals surface area (Å²) in [5, 5.41) is 12.7. The number of fused-ring (bicyclic) bond motifs is 1. The molecule has 2 N–H and O–H groups in total. The molecule has 0 bridgehead atoms. The number of nitrogens with one attached hydrogen (secondary N) is 1. The third-order valence-electron chi connectivity index (χ3n) is 9.29. The van der Waals surface area contributed by atoms with Gasteiger partial charge in [0.1, 0.15) is 17.8 Å². The van der Waals surface area contributed by atoms with Crippen LogP contribution in [0.3, 0.4) is 0 Å². The molecule has 15 heteroatoms. The number of hydrogen-bond acceptors (Lipinski definition) is 6. The average molecular weight is 671 g/mol. The molecule has 4 amide bonds. The summed E-state index contributed by atoms with van der Waals surface area (Å²) in [4.78, 5) is 44.2. The largest absolute Gasteiger partial charge is 0.493 e. The summed E-state index contributed by atoms with van der Waals surface area (Å²) >= 11 is 0. The van der Waals surface area contributed by atoms with Gasteiger partial charge in [0.2, 0.25) is 5.91 Å². The number of alkyl halides is 6. The quantitative estimate of drug-likeness (QED) is 0.325. The molecule has 2 fully saturated rings. The molecule has 9 nitrogen and oxygen atoms in total. The van der Waals surface area contributed by atoms with Gasteiger partial charge in [0.25, 0.3) is 11.5 Å². The van der Waals surface area contributed by atoms with E-state index < -0.39 is 65.5 Å². The maximum Gasteiger partial charge on any atom is 0.430 e. The first kappa shape index (κ1) is 34.3. The van der Waals surface area contributed by atoms with Crippen molar-refractivity contribution in [2.45, 2.75) is 82.5 Å². The first-order valence-corrected chi connectivity index (χ1v) is 15.3. The van der Waals surface area contributed by atoms with E-state index in [2.05, 4.69) is 5.32 Å². The summed E-state index contributed by atoms with van der Waals surface area (Å²) in [6.07, 6.45) is -10.8. The highest BCUT2D eigenvalue weighted by atomic mass is 19.4. The van der Waals surface area contributed by atoms with E-state index in [0.29, 0.717) is 42.5 Å². The molecule has 2 aromatic carbocycles. The fourth-order valence-electron chi connectivity index (χ4n) is 6.62. The summed E-state index contributed by atoms with van der Waals surface area (Å²) in [7, 11) is 0. The van der Waals surface area contributed by atoms with Gasteiger partial charge in [-0.2, -0.15) is 26.3 Å². The molecule has 0 aliphatic carbocycles. The number of benzene rings is 2. The highest BCUT2D eigenvalue weighted by Crippen LogP contribution is 2.50. The van der Waals surface area contributed by atoms with Crippen molar-refractivity contribution < 1.29 is 50.6 Å². The number of urea groups is 1. The molecule has 2 saturated heterocycles. The van der Waals surface area contributed by atoms with Gasteiger partial charge in [-0.15, -0.1) is 0 Å². The van der Waals surface area contributed by atoms with Gasteiger partial charge in [-0.05, 0) is 62.1 Å². The number of nitrogens with zero attached hydrogens (tertiary/aromatic N) is 3. The first-order chi connectivity index (χ1) is 21.8. The molecular formula is C32H36F6N4O5. The SMILES string of the molecule is CCCc1cc(C(O)(C(F)(F)F)C(F)(F)F)ccc1N1C[C@@H](C)N(C(=O)CN2C(=O)N[C@@](C)(c3ccc4c(c3)CCO4)C2=O)CC1C. The number of hydrogen-bond donors (Lipinski definition) is 2. The molecule has 0 spiro atoms. The first-order valence-electron chi connectivity index (χ1n) is 15.3. The van der Waals surface area contributed by atoms with Gasteiger partial charge < -0.3 is 25.0 Å². The number of amides is 4. The van der Waals surface area contributed by atoms with Gasteiger partial charge in [-0.25, -0.2) is 4.79 Å². The third-order valence-corrected chi connectivity index (χ3v) is 9.29. The Morgan fingerprint density at radius 3 is 2.34 bits per heavy atom. The Labute approximate surface area is 267 Å². The smallest absolute Gasteiger partial charge is 0.430 e. The number of rotatable bonds is 7. The third kappa shape index (κ3) is 5.76. The molecular weight excluding hydrogens is 634 g/mol. The number of piperazine rings is 1. The summed E-state index contributed by atoms with van der Waals surface area (Å²) in [5.74, 6) is -0.370. The predicted octanol–water partition coefficient (Wildman–Crippen LogP) is 4.78. The minimum absolute atomic E-state index is 0.105. The van der Waals surface area contributed by atoms with Crippen molar-refractivity contribution in [1.29, 1.82) is 0 Å². The molecule has 0 aromatic heterocycles. The molecule has 0 saturated carbocycles. The molecule has 3 atom stereocenters. The number of anilines is 1. The average Bonchev–Trinajstić information content (AvgIpc) is 3.55. The number of ether oxygens (including phenoxy) is 1. The van der Waals surface area contributed by atoms with Crippen LogP contribution in [0.1, 0.15) is 56.4 Å². The highest BCUT2D eigenvalue weighted by molar-refractivity contribution is 6.09. The second kappa shape index (κ2) is 11.9. The fraction of sp³-hybridized carbons (Fsp3) is 0.531. The number of carbonyl (C=O) groups excluding carboxylic acids is 3. The van der Waals surface area contributed by atoms with Crippen LogP contribution in [-0.4, -0.2) is 83.4 Å². The Kier molecular flexibility index (Phi) is 8.69. The standard InChI is InChI=1S/C32H36F6N4O5/c1-5-6-20-13-23(30(46,31(33,34)35)32(36,37)38)7-9-24(20)40-15-19(3)41(16-18(40)2)26(43)17-42-27(44)29(4,39-28(42)45)22-8-10-25-21(14-22)11-12-47-25/h7-10,13-14,18-19,46H,5-6,11-12,15-17H2,1-4H3,(H,39,45)/t18?,19-,29+/m1/s1. The molecule has 5 rings (SSSR count). The van der Waals surface area contributed by atoms with E-state index in [1.54, 1.807) is 50.8 Å². The van der Waals surface area contributed by atoms with Crippen LogP contribution in [0.4, 0.5) is 36.8 Å². The molecule has 256 valence electrons. The van der Waals surface area contributed by atoms with Gasteiger partial charge >= 0.3 is 18.4 Å². The summed E-state index contributed by atoms with van der Waals surface area (Å²) in [5.41, 5.74) is -5.72. The van der Waals surface area contributed by atoms with Gasteiger partial charge in [-0.3, -0.25) is 14.5 Å².